The molecule has 1 fully saturated rings. The molecule has 2 atom stereocenters. The van der Waals surface area contributed by atoms with Crippen LogP contribution in [0.1, 0.15) is 43.7 Å². The second-order valence-electron chi connectivity index (χ2n) is 6.60. The van der Waals surface area contributed by atoms with Gasteiger partial charge in [0.15, 0.2) is 0 Å². The molecule has 2 nitrogen and oxygen atoms in total. The molecule has 2 heterocycles. The highest BCUT2D eigenvalue weighted by Crippen LogP contribution is 2.33. The monoisotopic (exact) mass is 258 g/mol. The molecule has 1 aromatic rings. The van der Waals surface area contributed by atoms with Gasteiger partial charge in [-0.15, -0.1) is 0 Å². The number of aryl methyl sites for hydroxylation is 1. The van der Waals surface area contributed by atoms with Crippen LogP contribution in [0.3, 0.4) is 0 Å². The third-order valence-electron chi connectivity index (χ3n) is 4.90. The van der Waals surface area contributed by atoms with E-state index in [4.69, 9.17) is 0 Å². The van der Waals surface area contributed by atoms with E-state index in [-0.39, 0.29) is 0 Å². The highest BCUT2D eigenvalue weighted by Gasteiger charge is 2.27. The predicted molar refractivity (Wildman–Crippen MR) is 82.0 cm³/mol. The van der Waals surface area contributed by atoms with Gasteiger partial charge >= 0.3 is 0 Å². The van der Waals surface area contributed by atoms with Gasteiger partial charge in [0, 0.05) is 31.9 Å². The van der Waals surface area contributed by atoms with Gasteiger partial charge in [-0.3, -0.25) is 0 Å². The molecule has 0 aliphatic carbocycles. The van der Waals surface area contributed by atoms with Crippen molar-refractivity contribution in [1.82, 2.24) is 5.32 Å². The van der Waals surface area contributed by atoms with E-state index in [0.29, 0.717) is 12.0 Å². The predicted octanol–water partition coefficient (Wildman–Crippen LogP) is 3.17. The van der Waals surface area contributed by atoms with E-state index < -0.39 is 0 Å². The molecule has 0 spiro atoms. The molecule has 2 heteroatoms. The number of anilines is 1. The van der Waals surface area contributed by atoms with Crippen LogP contribution in [0.25, 0.3) is 0 Å². The molecule has 3 rings (SSSR count). The maximum Gasteiger partial charge on any atom is 0.0396 e. The van der Waals surface area contributed by atoms with Gasteiger partial charge in [0.05, 0.1) is 0 Å². The lowest BCUT2D eigenvalue weighted by atomic mass is 9.90. The van der Waals surface area contributed by atoms with Gasteiger partial charge in [0.1, 0.15) is 0 Å². The molecule has 2 aliphatic heterocycles. The van der Waals surface area contributed by atoms with Crippen molar-refractivity contribution in [1.29, 1.82) is 0 Å². The van der Waals surface area contributed by atoms with Gasteiger partial charge in [0.2, 0.25) is 0 Å². The maximum atomic E-state index is 3.68. The Kier molecular flexibility index (Phi) is 3.53. The smallest absolute Gasteiger partial charge is 0.0396 e. The van der Waals surface area contributed by atoms with E-state index >= 15 is 0 Å². The molecule has 0 aromatic heterocycles. The Morgan fingerprint density at radius 1 is 1.32 bits per heavy atom. The van der Waals surface area contributed by atoms with Crippen LogP contribution in [0.4, 0.5) is 5.69 Å². The molecule has 1 aromatic carbocycles. The first-order valence-corrected chi connectivity index (χ1v) is 7.72. The van der Waals surface area contributed by atoms with Gasteiger partial charge < -0.3 is 10.2 Å². The highest BCUT2D eigenvalue weighted by molar-refractivity contribution is 5.56. The molecular formula is C17H26N2. The summed E-state index contributed by atoms with van der Waals surface area (Å²) in [4.78, 5) is 2.40. The molecule has 0 amide bonds. The van der Waals surface area contributed by atoms with Gasteiger partial charge in [-0.05, 0) is 48.3 Å². The summed E-state index contributed by atoms with van der Waals surface area (Å²) in [6.45, 7) is 6.99. The molecule has 19 heavy (non-hydrogen) atoms. The molecule has 2 unspecified atom stereocenters. The van der Waals surface area contributed by atoms with Crippen molar-refractivity contribution in [3.05, 3.63) is 29.3 Å². The average molecular weight is 258 g/mol. The number of fused-ring (bicyclic) bond motifs is 1. The highest BCUT2D eigenvalue weighted by atomic mass is 15.1. The fourth-order valence-electron chi connectivity index (χ4n) is 3.59. The second kappa shape index (κ2) is 5.16. The number of nitrogens with one attached hydrogen (secondary N) is 1. The Morgan fingerprint density at radius 3 is 2.89 bits per heavy atom. The summed E-state index contributed by atoms with van der Waals surface area (Å²) in [5, 5.41) is 3.68. The average Bonchev–Trinajstić information content (AvgIpc) is 2.88. The molecule has 0 bridgehead atoms. The molecule has 0 radical (unpaired) electrons. The normalized spacial score (nSPS) is 26.8. The summed E-state index contributed by atoms with van der Waals surface area (Å²) in [6.07, 6.45) is 3.85. The Balaban J connectivity index is 1.79. The van der Waals surface area contributed by atoms with E-state index in [9.17, 15) is 0 Å². The van der Waals surface area contributed by atoms with E-state index in [1.807, 2.05) is 0 Å². The zero-order valence-electron chi connectivity index (χ0n) is 12.4. The summed E-state index contributed by atoms with van der Waals surface area (Å²) in [5.41, 5.74) is 4.55. The van der Waals surface area contributed by atoms with E-state index in [1.165, 1.54) is 31.5 Å². The lowest BCUT2D eigenvalue weighted by Crippen LogP contribution is -2.26. The molecule has 1 saturated heterocycles. The summed E-state index contributed by atoms with van der Waals surface area (Å²) >= 11 is 0. The van der Waals surface area contributed by atoms with Crippen molar-refractivity contribution in [2.24, 2.45) is 5.92 Å². The number of nitrogens with zero attached hydrogens (tertiary/aromatic N) is 1. The van der Waals surface area contributed by atoms with Gasteiger partial charge in [-0.2, -0.15) is 0 Å². The Morgan fingerprint density at radius 2 is 2.16 bits per heavy atom. The molecule has 104 valence electrons. The van der Waals surface area contributed by atoms with Crippen molar-refractivity contribution in [3.63, 3.8) is 0 Å². The fraction of sp³-hybridized carbons (Fsp3) is 0.647. The largest absolute Gasteiger partial charge is 0.374 e. The van der Waals surface area contributed by atoms with Crippen molar-refractivity contribution in [2.45, 2.75) is 45.1 Å². The minimum atomic E-state index is 0.698. The lowest BCUT2D eigenvalue weighted by Gasteiger charge is -2.28. The zero-order valence-corrected chi connectivity index (χ0v) is 12.4. The van der Waals surface area contributed by atoms with Crippen molar-refractivity contribution < 1.29 is 0 Å². The van der Waals surface area contributed by atoms with Crippen LogP contribution >= 0.6 is 0 Å². The SMILES string of the molecule is CC(C)C1CC(c2ccc3c(c2)CCCN3C)CN1. The van der Waals surface area contributed by atoms with Crippen molar-refractivity contribution in [3.8, 4) is 0 Å². The first-order chi connectivity index (χ1) is 9.15. The number of benzene rings is 1. The summed E-state index contributed by atoms with van der Waals surface area (Å²) < 4.78 is 0. The first kappa shape index (κ1) is 13.0. The van der Waals surface area contributed by atoms with Crippen LogP contribution in [0.2, 0.25) is 0 Å². The van der Waals surface area contributed by atoms with Crippen LogP contribution in [0.5, 0.6) is 0 Å². The molecule has 1 N–H and O–H groups in total. The van der Waals surface area contributed by atoms with E-state index in [2.05, 4.69) is 49.3 Å². The van der Waals surface area contributed by atoms with Crippen LogP contribution in [0, 0.1) is 5.92 Å². The van der Waals surface area contributed by atoms with Crippen LogP contribution < -0.4 is 10.2 Å². The maximum absolute atomic E-state index is 3.68. The minimum Gasteiger partial charge on any atom is -0.374 e. The van der Waals surface area contributed by atoms with Crippen molar-refractivity contribution in [2.75, 3.05) is 25.0 Å². The standard InChI is InChI=1S/C17H26N2/c1-12(2)16-10-15(11-18-16)13-6-7-17-14(9-13)5-4-8-19(17)3/h6-7,9,12,15-16,18H,4-5,8,10-11H2,1-3H3. The summed E-state index contributed by atoms with van der Waals surface area (Å²) in [6, 6.07) is 7.87. The Hall–Kier alpha value is -1.02. The quantitative estimate of drug-likeness (QED) is 0.876. The third kappa shape index (κ3) is 2.51. The number of rotatable bonds is 2. The minimum absolute atomic E-state index is 0.698. The Labute approximate surface area is 117 Å². The van der Waals surface area contributed by atoms with E-state index in [0.717, 1.165) is 12.5 Å². The van der Waals surface area contributed by atoms with Crippen LogP contribution in [0.15, 0.2) is 18.2 Å². The molecule has 2 aliphatic rings. The van der Waals surface area contributed by atoms with Crippen molar-refractivity contribution >= 4 is 5.69 Å². The number of hydrogen-bond donors (Lipinski definition) is 1. The van der Waals surface area contributed by atoms with Crippen LogP contribution in [-0.2, 0) is 6.42 Å². The van der Waals surface area contributed by atoms with Gasteiger partial charge in [-0.25, -0.2) is 0 Å². The topological polar surface area (TPSA) is 15.3 Å². The van der Waals surface area contributed by atoms with E-state index in [1.54, 1.807) is 11.1 Å². The first-order valence-electron chi connectivity index (χ1n) is 7.72. The number of hydrogen-bond acceptors (Lipinski definition) is 2. The zero-order chi connectivity index (χ0) is 13.4. The molecule has 0 saturated carbocycles. The fourth-order valence-corrected chi connectivity index (χ4v) is 3.59. The van der Waals surface area contributed by atoms with Gasteiger partial charge in [-0.1, -0.05) is 26.0 Å². The third-order valence-corrected chi connectivity index (χ3v) is 4.90. The lowest BCUT2D eigenvalue weighted by molar-refractivity contribution is 0.449. The summed E-state index contributed by atoms with van der Waals surface area (Å²) in [5.74, 6) is 1.46. The van der Waals surface area contributed by atoms with Gasteiger partial charge in [0.25, 0.3) is 0 Å². The Bertz CT molecular complexity index is 453. The second-order valence-corrected chi connectivity index (χ2v) is 6.60. The molecular weight excluding hydrogens is 232 g/mol. The summed E-state index contributed by atoms with van der Waals surface area (Å²) in [7, 11) is 2.21. The van der Waals surface area contributed by atoms with Crippen LogP contribution in [-0.4, -0.2) is 26.2 Å².